The number of hydrogen-bond acceptors (Lipinski definition) is 4. The molecule has 0 fully saturated rings. The van der Waals surface area contributed by atoms with Crippen molar-refractivity contribution < 1.29 is 9.53 Å². The molecule has 0 saturated heterocycles. The molecule has 0 atom stereocenters. The Kier molecular flexibility index (Phi) is 5.01. The molecule has 126 valence electrons. The van der Waals surface area contributed by atoms with Gasteiger partial charge in [0.2, 0.25) is 0 Å². The van der Waals surface area contributed by atoms with Crippen LogP contribution in [0.2, 0.25) is 0 Å². The molecule has 0 unspecified atom stereocenters. The Morgan fingerprint density at radius 1 is 1.04 bits per heavy atom. The van der Waals surface area contributed by atoms with E-state index in [9.17, 15) is 9.59 Å². The van der Waals surface area contributed by atoms with Crippen molar-refractivity contribution in [3.8, 4) is 5.69 Å². The number of carbonyl (C=O) groups is 1. The van der Waals surface area contributed by atoms with Gasteiger partial charge in [-0.1, -0.05) is 36.4 Å². The fourth-order valence-electron chi connectivity index (χ4n) is 2.40. The molecule has 0 aliphatic heterocycles. The number of aromatic nitrogens is 2. The van der Waals surface area contributed by atoms with Crippen LogP contribution in [-0.2, 0) is 11.3 Å². The summed E-state index contributed by atoms with van der Waals surface area (Å²) in [5, 5.41) is 6.99. The molecule has 0 spiro atoms. The van der Waals surface area contributed by atoms with E-state index in [1.807, 2.05) is 24.3 Å². The van der Waals surface area contributed by atoms with Crippen LogP contribution in [0, 0.1) is 0 Å². The first-order chi connectivity index (χ1) is 12.2. The van der Waals surface area contributed by atoms with Crippen molar-refractivity contribution in [1.29, 1.82) is 0 Å². The summed E-state index contributed by atoms with van der Waals surface area (Å²) < 4.78 is 6.34. The first-order valence-corrected chi connectivity index (χ1v) is 7.73. The van der Waals surface area contributed by atoms with Crippen molar-refractivity contribution in [3.05, 3.63) is 88.3 Å². The average Bonchev–Trinajstić information content (AvgIpc) is 2.64. The van der Waals surface area contributed by atoms with Crippen LogP contribution >= 0.6 is 0 Å². The number of hydrogen-bond donors (Lipinski definition) is 1. The Labute approximate surface area is 144 Å². The predicted octanol–water partition coefficient (Wildman–Crippen LogP) is 2.63. The molecule has 3 rings (SSSR count). The molecule has 6 nitrogen and oxygen atoms in total. The predicted molar refractivity (Wildman–Crippen MR) is 94.9 cm³/mol. The zero-order chi connectivity index (χ0) is 17.6. The SMILES string of the molecule is COCc1ccccc1NC(=O)c1ccc(=O)n(-c2ccccc2)n1. The van der Waals surface area contributed by atoms with Crippen LogP contribution in [0.3, 0.4) is 0 Å². The second kappa shape index (κ2) is 7.55. The normalized spacial score (nSPS) is 10.4. The fraction of sp³-hybridized carbons (Fsp3) is 0.105. The lowest BCUT2D eigenvalue weighted by Gasteiger charge is -2.11. The Hall–Kier alpha value is -3.25. The van der Waals surface area contributed by atoms with Gasteiger partial charge in [-0.05, 0) is 24.3 Å². The van der Waals surface area contributed by atoms with E-state index in [-0.39, 0.29) is 11.3 Å². The van der Waals surface area contributed by atoms with Crippen molar-refractivity contribution in [3.63, 3.8) is 0 Å². The molecule has 25 heavy (non-hydrogen) atoms. The van der Waals surface area contributed by atoms with Gasteiger partial charge in [0, 0.05) is 24.4 Å². The Bertz CT molecular complexity index is 936. The van der Waals surface area contributed by atoms with Crippen molar-refractivity contribution in [2.24, 2.45) is 0 Å². The summed E-state index contributed by atoms with van der Waals surface area (Å²) in [6.07, 6.45) is 0. The van der Waals surface area contributed by atoms with Crippen LogP contribution in [0.15, 0.2) is 71.5 Å². The number of nitrogens with zero attached hydrogens (tertiary/aromatic N) is 2. The third-order valence-corrected chi connectivity index (χ3v) is 3.60. The van der Waals surface area contributed by atoms with Crippen LogP contribution in [0.5, 0.6) is 0 Å². The first kappa shape index (κ1) is 16.6. The Balaban J connectivity index is 1.90. The van der Waals surface area contributed by atoms with Gasteiger partial charge in [0.15, 0.2) is 0 Å². The largest absolute Gasteiger partial charge is 0.380 e. The summed E-state index contributed by atoms with van der Waals surface area (Å²) in [4.78, 5) is 24.6. The van der Waals surface area contributed by atoms with E-state index in [0.717, 1.165) is 5.56 Å². The molecule has 1 heterocycles. The maximum Gasteiger partial charge on any atom is 0.276 e. The molecule has 2 aromatic carbocycles. The van der Waals surface area contributed by atoms with Gasteiger partial charge < -0.3 is 10.1 Å². The molecule has 1 amide bonds. The summed E-state index contributed by atoms with van der Waals surface area (Å²) >= 11 is 0. The number of nitrogens with one attached hydrogen (secondary N) is 1. The number of benzene rings is 2. The van der Waals surface area contributed by atoms with E-state index in [4.69, 9.17) is 4.74 Å². The van der Waals surface area contributed by atoms with Crippen LogP contribution in [-0.4, -0.2) is 22.8 Å². The molecule has 0 aliphatic rings. The molecule has 0 saturated carbocycles. The van der Waals surface area contributed by atoms with E-state index in [1.54, 1.807) is 37.4 Å². The van der Waals surface area contributed by atoms with Crippen LogP contribution in [0.1, 0.15) is 16.1 Å². The van der Waals surface area contributed by atoms with Crippen LogP contribution in [0.25, 0.3) is 5.69 Å². The second-order valence-corrected chi connectivity index (χ2v) is 5.35. The molecule has 1 N–H and O–H groups in total. The highest BCUT2D eigenvalue weighted by Gasteiger charge is 2.12. The molecule has 0 radical (unpaired) electrons. The number of anilines is 1. The summed E-state index contributed by atoms with van der Waals surface area (Å²) in [5.41, 5.74) is 1.95. The molecule has 0 aliphatic carbocycles. The standard InChI is InChI=1S/C19H17N3O3/c1-25-13-14-7-5-6-10-16(14)20-19(24)17-11-12-18(23)22(21-17)15-8-3-2-4-9-15/h2-12H,13H2,1H3,(H,20,24). The number of carbonyl (C=O) groups excluding carboxylic acids is 1. The smallest absolute Gasteiger partial charge is 0.276 e. The molecule has 0 bridgehead atoms. The zero-order valence-electron chi connectivity index (χ0n) is 13.7. The fourth-order valence-corrected chi connectivity index (χ4v) is 2.40. The second-order valence-electron chi connectivity index (χ2n) is 5.35. The highest BCUT2D eigenvalue weighted by Crippen LogP contribution is 2.16. The van der Waals surface area contributed by atoms with Gasteiger partial charge in [0.05, 0.1) is 12.3 Å². The Morgan fingerprint density at radius 2 is 1.76 bits per heavy atom. The van der Waals surface area contributed by atoms with Crippen LogP contribution < -0.4 is 10.9 Å². The summed E-state index contributed by atoms with van der Waals surface area (Å²) in [5.74, 6) is -0.395. The van der Waals surface area contributed by atoms with E-state index in [2.05, 4.69) is 10.4 Å². The lowest BCUT2D eigenvalue weighted by Crippen LogP contribution is -2.25. The number of methoxy groups -OCH3 is 1. The van der Waals surface area contributed by atoms with E-state index >= 15 is 0 Å². The third kappa shape index (κ3) is 3.81. The molecular formula is C19H17N3O3. The van der Waals surface area contributed by atoms with Crippen LogP contribution in [0.4, 0.5) is 5.69 Å². The van der Waals surface area contributed by atoms with Gasteiger partial charge in [0.25, 0.3) is 11.5 Å². The lowest BCUT2D eigenvalue weighted by atomic mass is 10.2. The highest BCUT2D eigenvalue weighted by molar-refractivity contribution is 6.03. The van der Waals surface area contributed by atoms with Gasteiger partial charge >= 0.3 is 0 Å². The summed E-state index contributed by atoms with van der Waals surface area (Å²) in [6.45, 7) is 0.382. The minimum absolute atomic E-state index is 0.149. The Morgan fingerprint density at radius 3 is 2.52 bits per heavy atom. The maximum atomic E-state index is 12.5. The van der Waals surface area contributed by atoms with Gasteiger partial charge in [-0.15, -0.1) is 0 Å². The number of rotatable bonds is 5. The first-order valence-electron chi connectivity index (χ1n) is 7.73. The van der Waals surface area contributed by atoms with Crippen molar-refractivity contribution in [2.75, 3.05) is 12.4 Å². The number of amides is 1. The molecule has 6 heteroatoms. The number of para-hydroxylation sites is 2. The van der Waals surface area contributed by atoms with Crippen molar-refractivity contribution >= 4 is 11.6 Å². The summed E-state index contributed by atoms with van der Waals surface area (Å²) in [7, 11) is 1.59. The third-order valence-electron chi connectivity index (χ3n) is 3.60. The summed E-state index contributed by atoms with van der Waals surface area (Å²) in [6, 6.07) is 19.1. The van der Waals surface area contributed by atoms with Gasteiger partial charge in [-0.2, -0.15) is 9.78 Å². The van der Waals surface area contributed by atoms with E-state index < -0.39 is 5.91 Å². The highest BCUT2D eigenvalue weighted by atomic mass is 16.5. The minimum atomic E-state index is -0.395. The lowest BCUT2D eigenvalue weighted by molar-refractivity contribution is 0.102. The quantitative estimate of drug-likeness (QED) is 0.778. The maximum absolute atomic E-state index is 12.5. The average molecular weight is 335 g/mol. The molecule has 3 aromatic rings. The molecular weight excluding hydrogens is 318 g/mol. The minimum Gasteiger partial charge on any atom is -0.380 e. The van der Waals surface area contributed by atoms with E-state index in [1.165, 1.54) is 16.8 Å². The van der Waals surface area contributed by atoms with Gasteiger partial charge in [-0.25, -0.2) is 0 Å². The zero-order valence-corrected chi connectivity index (χ0v) is 13.7. The monoisotopic (exact) mass is 335 g/mol. The number of ether oxygens (including phenoxy) is 1. The van der Waals surface area contributed by atoms with Crippen molar-refractivity contribution in [2.45, 2.75) is 6.61 Å². The molecule has 1 aromatic heterocycles. The van der Waals surface area contributed by atoms with Gasteiger partial charge in [0.1, 0.15) is 5.69 Å². The van der Waals surface area contributed by atoms with Gasteiger partial charge in [-0.3, -0.25) is 9.59 Å². The topological polar surface area (TPSA) is 73.2 Å². The van der Waals surface area contributed by atoms with Crippen molar-refractivity contribution in [1.82, 2.24) is 9.78 Å². The van der Waals surface area contributed by atoms with E-state index in [0.29, 0.717) is 18.0 Å².